The number of piperidine rings is 1. The number of likely N-dealkylation sites (tertiary alicyclic amines) is 1. The summed E-state index contributed by atoms with van der Waals surface area (Å²) < 4.78 is 12.4. The Morgan fingerprint density at radius 3 is 2.88 bits per heavy atom. The SMILES string of the molecule is Cn1c(CN2CCOCC2)nnc1C1CCCN(C(=O)c2cocn2)C1. The first-order chi connectivity index (χ1) is 12.7. The number of nitrogens with zero attached hydrogens (tertiary/aromatic N) is 6. The van der Waals surface area contributed by atoms with E-state index in [0.717, 1.165) is 63.9 Å². The normalized spacial score (nSPS) is 21.9. The molecule has 2 aliphatic rings. The number of oxazole rings is 1. The minimum absolute atomic E-state index is 0.0841. The summed E-state index contributed by atoms with van der Waals surface area (Å²) in [7, 11) is 2.02. The topological polar surface area (TPSA) is 89.5 Å². The van der Waals surface area contributed by atoms with Gasteiger partial charge in [0, 0.05) is 39.1 Å². The number of rotatable bonds is 4. The molecule has 1 atom stereocenters. The second kappa shape index (κ2) is 7.55. The van der Waals surface area contributed by atoms with Gasteiger partial charge in [0.05, 0.1) is 19.8 Å². The van der Waals surface area contributed by atoms with Crippen molar-refractivity contribution in [3.63, 3.8) is 0 Å². The van der Waals surface area contributed by atoms with Crippen molar-refractivity contribution in [2.45, 2.75) is 25.3 Å². The predicted molar refractivity (Wildman–Crippen MR) is 91.5 cm³/mol. The molecule has 2 saturated heterocycles. The first-order valence-corrected chi connectivity index (χ1v) is 9.08. The van der Waals surface area contributed by atoms with Crippen LogP contribution in [0.4, 0.5) is 0 Å². The Morgan fingerprint density at radius 2 is 2.12 bits per heavy atom. The molecule has 0 radical (unpaired) electrons. The quantitative estimate of drug-likeness (QED) is 0.791. The van der Waals surface area contributed by atoms with Crippen LogP contribution in [-0.4, -0.2) is 74.8 Å². The number of aromatic nitrogens is 4. The Morgan fingerprint density at radius 1 is 1.27 bits per heavy atom. The van der Waals surface area contributed by atoms with E-state index in [0.29, 0.717) is 12.2 Å². The molecule has 26 heavy (non-hydrogen) atoms. The number of morpholine rings is 1. The van der Waals surface area contributed by atoms with Gasteiger partial charge in [0.25, 0.3) is 5.91 Å². The van der Waals surface area contributed by atoms with E-state index >= 15 is 0 Å². The summed E-state index contributed by atoms with van der Waals surface area (Å²) in [6.45, 7) is 5.53. The monoisotopic (exact) mass is 360 g/mol. The van der Waals surface area contributed by atoms with E-state index in [4.69, 9.17) is 9.15 Å². The number of carbonyl (C=O) groups is 1. The summed E-state index contributed by atoms with van der Waals surface area (Å²) >= 11 is 0. The molecule has 4 heterocycles. The first kappa shape index (κ1) is 17.2. The van der Waals surface area contributed by atoms with E-state index in [1.807, 2.05) is 11.9 Å². The highest BCUT2D eigenvalue weighted by molar-refractivity contribution is 5.92. The molecule has 2 aromatic rings. The van der Waals surface area contributed by atoms with E-state index in [2.05, 4.69) is 24.6 Å². The molecule has 2 aliphatic heterocycles. The highest BCUT2D eigenvalue weighted by atomic mass is 16.5. The van der Waals surface area contributed by atoms with Gasteiger partial charge in [0.2, 0.25) is 0 Å². The lowest BCUT2D eigenvalue weighted by Gasteiger charge is -2.31. The van der Waals surface area contributed by atoms with Gasteiger partial charge >= 0.3 is 0 Å². The fourth-order valence-corrected chi connectivity index (χ4v) is 3.68. The minimum Gasteiger partial charge on any atom is -0.451 e. The van der Waals surface area contributed by atoms with E-state index in [1.165, 1.54) is 12.7 Å². The van der Waals surface area contributed by atoms with Crippen LogP contribution in [0.15, 0.2) is 17.1 Å². The standard InChI is InChI=1S/C17H24N6O3/c1-21-15(10-22-5-7-25-8-6-22)19-20-16(21)13-3-2-4-23(9-13)17(24)14-11-26-12-18-14/h11-13H,2-10H2,1H3. The zero-order valence-electron chi connectivity index (χ0n) is 15.0. The van der Waals surface area contributed by atoms with Crippen molar-refractivity contribution in [2.24, 2.45) is 7.05 Å². The number of ether oxygens (including phenoxy) is 1. The van der Waals surface area contributed by atoms with Crippen molar-refractivity contribution >= 4 is 5.91 Å². The molecule has 9 heteroatoms. The third-order valence-corrected chi connectivity index (χ3v) is 5.19. The van der Waals surface area contributed by atoms with Crippen LogP contribution in [0.3, 0.4) is 0 Å². The number of carbonyl (C=O) groups excluding carboxylic acids is 1. The van der Waals surface area contributed by atoms with Gasteiger partial charge in [-0.15, -0.1) is 10.2 Å². The van der Waals surface area contributed by atoms with Gasteiger partial charge in [-0.2, -0.15) is 0 Å². The zero-order valence-corrected chi connectivity index (χ0v) is 15.0. The molecule has 0 spiro atoms. The van der Waals surface area contributed by atoms with Crippen LogP contribution < -0.4 is 0 Å². The Labute approximate surface area is 151 Å². The zero-order chi connectivity index (χ0) is 17.9. The van der Waals surface area contributed by atoms with Crippen LogP contribution in [-0.2, 0) is 18.3 Å². The maximum absolute atomic E-state index is 12.5. The average molecular weight is 360 g/mol. The highest BCUT2D eigenvalue weighted by Crippen LogP contribution is 2.26. The summed E-state index contributed by atoms with van der Waals surface area (Å²) in [6, 6.07) is 0. The first-order valence-electron chi connectivity index (χ1n) is 9.08. The third kappa shape index (κ3) is 3.49. The molecule has 0 N–H and O–H groups in total. The van der Waals surface area contributed by atoms with Gasteiger partial charge in [0.1, 0.15) is 17.9 Å². The average Bonchev–Trinajstić information content (AvgIpc) is 3.33. The third-order valence-electron chi connectivity index (χ3n) is 5.19. The van der Waals surface area contributed by atoms with Crippen molar-refractivity contribution in [1.82, 2.24) is 29.5 Å². The van der Waals surface area contributed by atoms with Crippen LogP contribution >= 0.6 is 0 Å². The summed E-state index contributed by atoms with van der Waals surface area (Å²) in [5.74, 6) is 2.02. The molecule has 0 saturated carbocycles. The molecule has 1 unspecified atom stereocenters. The van der Waals surface area contributed by atoms with Gasteiger partial charge in [-0.05, 0) is 12.8 Å². The van der Waals surface area contributed by atoms with Crippen LogP contribution in [0.2, 0.25) is 0 Å². The maximum atomic E-state index is 12.5. The van der Waals surface area contributed by atoms with E-state index < -0.39 is 0 Å². The molecule has 4 rings (SSSR count). The van der Waals surface area contributed by atoms with Gasteiger partial charge in [-0.3, -0.25) is 9.69 Å². The van der Waals surface area contributed by atoms with Crippen molar-refractivity contribution < 1.29 is 13.9 Å². The Hall–Kier alpha value is -2.26. The molecule has 0 bridgehead atoms. The van der Waals surface area contributed by atoms with Crippen LogP contribution in [0.5, 0.6) is 0 Å². The van der Waals surface area contributed by atoms with Gasteiger partial charge < -0.3 is 18.6 Å². The molecule has 1 amide bonds. The van der Waals surface area contributed by atoms with E-state index in [1.54, 1.807) is 0 Å². The highest BCUT2D eigenvalue weighted by Gasteiger charge is 2.30. The van der Waals surface area contributed by atoms with E-state index in [9.17, 15) is 4.79 Å². The van der Waals surface area contributed by atoms with Crippen molar-refractivity contribution in [3.05, 3.63) is 30.0 Å². The van der Waals surface area contributed by atoms with Crippen LogP contribution in [0.25, 0.3) is 0 Å². The summed E-state index contributed by atoms with van der Waals surface area (Å²) in [4.78, 5) is 20.7. The summed E-state index contributed by atoms with van der Waals surface area (Å²) in [5.41, 5.74) is 0.358. The minimum atomic E-state index is -0.0841. The molecule has 2 fully saturated rings. The summed E-state index contributed by atoms with van der Waals surface area (Å²) in [5, 5.41) is 8.85. The van der Waals surface area contributed by atoms with Crippen LogP contribution in [0.1, 0.15) is 40.9 Å². The van der Waals surface area contributed by atoms with Crippen molar-refractivity contribution in [3.8, 4) is 0 Å². The fourth-order valence-electron chi connectivity index (χ4n) is 3.68. The second-order valence-electron chi connectivity index (χ2n) is 6.89. The smallest absolute Gasteiger partial charge is 0.275 e. The molecular formula is C17H24N6O3. The number of hydrogen-bond acceptors (Lipinski definition) is 7. The van der Waals surface area contributed by atoms with Crippen LogP contribution in [0, 0.1) is 0 Å². The molecule has 140 valence electrons. The number of amides is 1. The van der Waals surface area contributed by atoms with Crippen molar-refractivity contribution in [2.75, 3.05) is 39.4 Å². The van der Waals surface area contributed by atoms with Crippen molar-refractivity contribution in [1.29, 1.82) is 0 Å². The lowest BCUT2D eigenvalue weighted by molar-refractivity contribution is 0.0326. The molecular weight excluding hydrogens is 336 g/mol. The molecule has 2 aromatic heterocycles. The molecule has 0 aromatic carbocycles. The Bertz CT molecular complexity index is 738. The largest absolute Gasteiger partial charge is 0.451 e. The lowest BCUT2D eigenvalue weighted by Crippen LogP contribution is -2.40. The van der Waals surface area contributed by atoms with Gasteiger partial charge in [-0.1, -0.05) is 0 Å². The van der Waals surface area contributed by atoms with E-state index in [-0.39, 0.29) is 11.8 Å². The molecule has 9 nitrogen and oxygen atoms in total. The predicted octanol–water partition coefficient (Wildman–Crippen LogP) is 0.655. The Balaban J connectivity index is 1.44. The Kier molecular flexibility index (Phi) is 4.98. The lowest BCUT2D eigenvalue weighted by atomic mass is 9.97. The summed E-state index contributed by atoms with van der Waals surface area (Å²) in [6.07, 6.45) is 4.63. The molecule has 0 aliphatic carbocycles. The number of hydrogen-bond donors (Lipinski definition) is 0. The van der Waals surface area contributed by atoms with Gasteiger partial charge in [-0.25, -0.2) is 4.98 Å². The van der Waals surface area contributed by atoms with Gasteiger partial charge in [0.15, 0.2) is 12.1 Å². The maximum Gasteiger partial charge on any atom is 0.275 e. The fraction of sp³-hybridized carbons (Fsp3) is 0.647. The second-order valence-corrected chi connectivity index (χ2v) is 6.89.